The van der Waals surface area contributed by atoms with E-state index in [4.69, 9.17) is 15.9 Å². The molecule has 0 aliphatic carbocycles. The second kappa shape index (κ2) is 8.75. The molecule has 1 amide bonds. The van der Waals surface area contributed by atoms with Crippen LogP contribution in [0.4, 0.5) is 0 Å². The first kappa shape index (κ1) is 17.6. The van der Waals surface area contributed by atoms with E-state index in [0.717, 1.165) is 10.0 Å². The molecule has 0 aliphatic heterocycles. The first-order valence-corrected chi connectivity index (χ1v) is 7.76. The van der Waals surface area contributed by atoms with E-state index < -0.39 is 0 Å². The Labute approximate surface area is 148 Å². The van der Waals surface area contributed by atoms with Crippen LogP contribution < -0.4 is 14.9 Å². The number of nitrogens with one attached hydrogen (secondary N) is 1. The number of rotatable bonds is 6. The number of halogens is 1. The van der Waals surface area contributed by atoms with E-state index in [1.807, 2.05) is 0 Å². The first-order valence-electron chi connectivity index (χ1n) is 6.97. The number of terminal acetylenes is 1. The molecule has 5 nitrogen and oxygen atoms in total. The third-order valence-corrected chi connectivity index (χ3v) is 3.48. The van der Waals surface area contributed by atoms with Gasteiger partial charge in [-0.3, -0.25) is 4.79 Å². The van der Waals surface area contributed by atoms with Crippen LogP contribution in [0.25, 0.3) is 0 Å². The topological polar surface area (TPSA) is 59.9 Å². The quantitative estimate of drug-likeness (QED) is 0.470. The number of carbonyl (C=O) groups is 1. The average molecular weight is 387 g/mol. The summed E-state index contributed by atoms with van der Waals surface area (Å²) in [6.45, 7) is 0.220. The number of carbonyl (C=O) groups excluding carboxylic acids is 1. The van der Waals surface area contributed by atoms with Crippen LogP contribution >= 0.6 is 15.9 Å². The van der Waals surface area contributed by atoms with Gasteiger partial charge in [-0.25, -0.2) is 5.43 Å². The van der Waals surface area contributed by atoms with E-state index in [0.29, 0.717) is 17.1 Å². The van der Waals surface area contributed by atoms with E-state index in [9.17, 15) is 4.79 Å². The summed E-state index contributed by atoms with van der Waals surface area (Å²) in [5.41, 5.74) is 3.67. The summed E-state index contributed by atoms with van der Waals surface area (Å²) in [5.74, 6) is 3.18. The molecule has 0 spiro atoms. The Morgan fingerprint density at radius 3 is 2.75 bits per heavy atom. The maximum atomic E-state index is 12.2. The Balaban J connectivity index is 2.00. The second-order valence-corrected chi connectivity index (χ2v) is 5.52. The highest BCUT2D eigenvalue weighted by atomic mass is 79.9. The van der Waals surface area contributed by atoms with Crippen molar-refractivity contribution in [3.63, 3.8) is 0 Å². The lowest BCUT2D eigenvalue weighted by atomic mass is 10.2. The lowest BCUT2D eigenvalue weighted by Crippen LogP contribution is -2.18. The van der Waals surface area contributed by atoms with Crippen LogP contribution in [0.3, 0.4) is 0 Å². The van der Waals surface area contributed by atoms with Crippen LogP contribution in [-0.2, 0) is 0 Å². The minimum atomic E-state index is -0.363. The van der Waals surface area contributed by atoms with Gasteiger partial charge in [0.15, 0.2) is 0 Å². The standard InChI is InChI=1S/C18H15BrN2O3/c1-3-10-24-15-7-4-13(5-8-15)12-20-21-18(22)16-11-14(19)6-9-17(16)23-2/h1,4-9,11-12H,10H2,2H3,(H,21,22)/b20-12-. The molecule has 2 rings (SSSR count). The van der Waals surface area contributed by atoms with Gasteiger partial charge < -0.3 is 9.47 Å². The summed E-state index contributed by atoms with van der Waals surface area (Å²) in [4.78, 5) is 12.2. The number of ether oxygens (including phenoxy) is 2. The van der Waals surface area contributed by atoms with Crippen LogP contribution in [0.1, 0.15) is 15.9 Å². The van der Waals surface area contributed by atoms with E-state index in [1.54, 1.807) is 42.5 Å². The average Bonchev–Trinajstić information content (AvgIpc) is 2.61. The van der Waals surface area contributed by atoms with Gasteiger partial charge in [0.05, 0.1) is 18.9 Å². The minimum absolute atomic E-state index is 0.220. The van der Waals surface area contributed by atoms with Crippen molar-refractivity contribution in [1.29, 1.82) is 0 Å². The van der Waals surface area contributed by atoms with Gasteiger partial charge in [0, 0.05) is 4.47 Å². The molecule has 0 heterocycles. The van der Waals surface area contributed by atoms with Gasteiger partial charge in [-0.15, -0.1) is 6.42 Å². The summed E-state index contributed by atoms with van der Waals surface area (Å²) in [7, 11) is 1.51. The smallest absolute Gasteiger partial charge is 0.275 e. The van der Waals surface area contributed by atoms with Crippen molar-refractivity contribution in [3.05, 3.63) is 58.1 Å². The van der Waals surface area contributed by atoms with Gasteiger partial charge in [-0.1, -0.05) is 21.9 Å². The van der Waals surface area contributed by atoms with Crippen LogP contribution in [0.15, 0.2) is 52.0 Å². The number of hydrazone groups is 1. The molecule has 0 radical (unpaired) electrons. The van der Waals surface area contributed by atoms with E-state index in [1.165, 1.54) is 13.3 Å². The van der Waals surface area contributed by atoms with Gasteiger partial charge in [0.25, 0.3) is 5.91 Å². The van der Waals surface area contributed by atoms with Gasteiger partial charge in [-0.05, 0) is 48.0 Å². The third-order valence-electron chi connectivity index (χ3n) is 2.99. The Hall–Kier alpha value is -2.78. The molecule has 0 aliphatic rings. The molecule has 0 fully saturated rings. The zero-order chi connectivity index (χ0) is 17.4. The van der Waals surface area contributed by atoms with Crippen molar-refractivity contribution in [1.82, 2.24) is 5.43 Å². The highest BCUT2D eigenvalue weighted by Crippen LogP contribution is 2.22. The summed E-state index contributed by atoms with van der Waals surface area (Å²) < 4.78 is 11.2. The summed E-state index contributed by atoms with van der Waals surface area (Å²) >= 11 is 3.33. The third kappa shape index (κ3) is 4.86. The van der Waals surface area contributed by atoms with Crippen molar-refractivity contribution in [2.24, 2.45) is 5.10 Å². The fourth-order valence-corrected chi connectivity index (χ4v) is 2.22. The normalized spacial score (nSPS) is 10.2. The Morgan fingerprint density at radius 2 is 2.08 bits per heavy atom. The number of hydrogen-bond donors (Lipinski definition) is 1. The highest BCUT2D eigenvalue weighted by molar-refractivity contribution is 9.10. The van der Waals surface area contributed by atoms with E-state index in [-0.39, 0.29) is 12.5 Å². The molecule has 0 saturated carbocycles. The predicted octanol–water partition coefficient (Wildman–Crippen LogP) is 3.23. The lowest BCUT2D eigenvalue weighted by Gasteiger charge is -2.07. The van der Waals surface area contributed by atoms with Gasteiger partial charge >= 0.3 is 0 Å². The molecule has 0 saturated heterocycles. The van der Waals surface area contributed by atoms with Gasteiger partial charge in [-0.2, -0.15) is 5.10 Å². The summed E-state index contributed by atoms with van der Waals surface area (Å²) in [6.07, 6.45) is 6.67. The van der Waals surface area contributed by atoms with Crippen LogP contribution in [0, 0.1) is 12.3 Å². The molecule has 6 heteroatoms. The molecule has 0 bridgehead atoms. The number of benzene rings is 2. The molecular formula is C18H15BrN2O3. The highest BCUT2D eigenvalue weighted by Gasteiger charge is 2.11. The van der Waals surface area contributed by atoms with Gasteiger partial charge in [0.2, 0.25) is 0 Å². The number of nitrogens with zero attached hydrogens (tertiary/aromatic N) is 1. The molecule has 1 N–H and O–H groups in total. The fraction of sp³-hybridized carbons (Fsp3) is 0.111. The lowest BCUT2D eigenvalue weighted by molar-refractivity contribution is 0.0952. The maximum absolute atomic E-state index is 12.2. The van der Waals surface area contributed by atoms with Crippen LogP contribution in [0.2, 0.25) is 0 Å². The zero-order valence-corrected chi connectivity index (χ0v) is 14.5. The minimum Gasteiger partial charge on any atom is -0.496 e. The Kier molecular flexibility index (Phi) is 6.41. The van der Waals surface area contributed by atoms with Crippen LogP contribution in [-0.4, -0.2) is 25.8 Å². The molecule has 0 unspecified atom stereocenters. The fourth-order valence-electron chi connectivity index (χ4n) is 1.86. The molecule has 2 aromatic rings. The van der Waals surface area contributed by atoms with E-state index in [2.05, 4.69) is 32.4 Å². The monoisotopic (exact) mass is 386 g/mol. The Morgan fingerprint density at radius 1 is 1.33 bits per heavy atom. The molecule has 2 aromatic carbocycles. The number of hydrogen-bond acceptors (Lipinski definition) is 4. The SMILES string of the molecule is C#CCOc1ccc(/C=N\NC(=O)c2cc(Br)ccc2OC)cc1. The number of methoxy groups -OCH3 is 1. The van der Waals surface area contributed by atoms with Crippen molar-refractivity contribution >= 4 is 28.1 Å². The summed E-state index contributed by atoms with van der Waals surface area (Å²) in [6, 6.07) is 12.3. The molecule has 24 heavy (non-hydrogen) atoms. The molecule has 122 valence electrons. The molecular weight excluding hydrogens is 372 g/mol. The van der Waals surface area contributed by atoms with Crippen molar-refractivity contribution < 1.29 is 14.3 Å². The maximum Gasteiger partial charge on any atom is 0.275 e. The largest absolute Gasteiger partial charge is 0.496 e. The molecule has 0 aromatic heterocycles. The van der Waals surface area contributed by atoms with Crippen LogP contribution in [0.5, 0.6) is 11.5 Å². The summed E-state index contributed by atoms with van der Waals surface area (Å²) in [5, 5.41) is 3.95. The number of amides is 1. The van der Waals surface area contributed by atoms with E-state index >= 15 is 0 Å². The first-order chi connectivity index (χ1) is 11.6. The predicted molar refractivity (Wildman–Crippen MR) is 96.5 cm³/mol. The van der Waals surface area contributed by atoms with Crippen molar-refractivity contribution in [2.75, 3.05) is 13.7 Å². The zero-order valence-electron chi connectivity index (χ0n) is 13.0. The Bertz CT molecular complexity index is 780. The van der Waals surface area contributed by atoms with Crippen molar-refractivity contribution in [3.8, 4) is 23.8 Å². The van der Waals surface area contributed by atoms with Crippen molar-refractivity contribution in [2.45, 2.75) is 0 Å². The van der Waals surface area contributed by atoms with Gasteiger partial charge in [0.1, 0.15) is 18.1 Å². The molecule has 0 atom stereocenters. The second-order valence-electron chi connectivity index (χ2n) is 4.61.